The van der Waals surface area contributed by atoms with E-state index in [2.05, 4.69) is 15.4 Å². The van der Waals surface area contributed by atoms with Crippen LogP contribution in [0.2, 0.25) is 0 Å². The van der Waals surface area contributed by atoms with E-state index in [9.17, 15) is 9.90 Å². The third kappa shape index (κ3) is 2.65. The summed E-state index contributed by atoms with van der Waals surface area (Å²) in [5.41, 5.74) is 1.01. The third-order valence-electron chi connectivity index (χ3n) is 3.33. The largest absolute Gasteiger partial charge is 0.494 e. The summed E-state index contributed by atoms with van der Waals surface area (Å²) in [5, 5.41) is 16.1. The first-order valence-corrected chi connectivity index (χ1v) is 7.03. The van der Waals surface area contributed by atoms with Gasteiger partial charge in [0.25, 0.3) is 0 Å². The lowest BCUT2D eigenvalue weighted by Gasteiger charge is -2.22. The van der Waals surface area contributed by atoms with Gasteiger partial charge in [-0.1, -0.05) is 19.1 Å². The monoisotopic (exact) mass is 300 g/mol. The Bertz CT molecular complexity index is 706. The highest BCUT2D eigenvalue weighted by Gasteiger charge is 2.25. The summed E-state index contributed by atoms with van der Waals surface area (Å²) in [6.07, 6.45) is 3.96. The van der Waals surface area contributed by atoms with Gasteiger partial charge in [0.05, 0.1) is 6.61 Å². The number of carbonyl (C=O) groups is 1. The van der Waals surface area contributed by atoms with Crippen molar-refractivity contribution in [3.8, 4) is 5.75 Å². The van der Waals surface area contributed by atoms with Crippen molar-refractivity contribution in [3.63, 3.8) is 0 Å². The van der Waals surface area contributed by atoms with E-state index < -0.39 is 5.97 Å². The molecule has 3 rings (SSSR count). The molecule has 1 aliphatic heterocycles. The second-order valence-corrected chi connectivity index (χ2v) is 4.90. The molecule has 0 saturated carbocycles. The second-order valence-electron chi connectivity index (χ2n) is 4.90. The Morgan fingerprint density at radius 3 is 2.86 bits per heavy atom. The van der Waals surface area contributed by atoms with Crippen molar-refractivity contribution in [1.29, 1.82) is 0 Å². The molecule has 0 spiro atoms. The van der Waals surface area contributed by atoms with Gasteiger partial charge in [-0.25, -0.2) is 9.48 Å². The molecule has 2 aromatic rings. The Kier molecular flexibility index (Phi) is 3.78. The smallest absolute Gasteiger partial charge is 0.352 e. The fraction of sp³-hybridized carbons (Fsp3) is 0.267. The molecule has 2 N–H and O–H groups in total. The molecule has 1 atom stereocenters. The van der Waals surface area contributed by atoms with Crippen molar-refractivity contribution >= 4 is 11.9 Å². The summed E-state index contributed by atoms with van der Waals surface area (Å²) >= 11 is 0. The number of hydrogen-bond donors (Lipinski definition) is 2. The summed E-state index contributed by atoms with van der Waals surface area (Å²) in [7, 11) is 0. The van der Waals surface area contributed by atoms with Crippen LogP contribution >= 0.6 is 0 Å². The van der Waals surface area contributed by atoms with Gasteiger partial charge in [0.1, 0.15) is 23.8 Å². The Balaban J connectivity index is 1.91. The number of carboxylic acid groups (broad SMARTS) is 1. The van der Waals surface area contributed by atoms with Crippen LogP contribution < -0.4 is 10.1 Å². The molecule has 0 unspecified atom stereocenters. The van der Waals surface area contributed by atoms with E-state index in [-0.39, 0.29) is 11.7 Å². The number of fused-ring (bicyclic) bond motifs is 1. The number of aromatic nitrogens is 3. The van der Waals surface area contributed by atoms with Crippen molar-refractivity contribution in [2.24, 2.45) is 0 Å². The van der Waals surface area contributed by atoms with Crippen LogP contribution in [-0.4, -0.2) is 32.4 Å². The topological polar surface area (TPSA) is 89.3 Å². The number of hydrogen-bond acceptors (Lipinski definition) is 5. The van der Waals surface area contributed by atoms with Gasteiger partial charge in [0.15, 0.2) is 0 Å². The van der Waals surface area contributed by atoms with Gasteiger partial charge < -0.3 is 15.2 Å². The number of nitrogens with one attached hydrogen (secondary N) is 1. The Morgan fingerprint density at radius 1 is 1.41 bits per heavy atom. The highest BCUT2D eigenvalue weighted by Crippen LogP contribution is 2.29. The van der Waals surface area contributed by atoms with E-state index in [0.717, 1.165) is 17.7 Å². The minimum absolute atomic E-state index is 0.0943. The molecule has 0 amide bonds. The summed E-state index contributed by atoms with van der Waals surface area (Å²) < 4.78 is 7.20. The van der Waals surface area contributed by atoms with Crippen LogP contribution in [0.25, 0.3) is 0 Å². The van der Waals surface area contributed by atoms with Crippen LogP contribution in [0.1, 0.15) is 24.9 Å². The third-order valence-corrected chi connectivity index (χ3v) is 3.33. The minimum atomic E-state index is -1.03. The maximum absolute atomic E-state index is 11.2. The predicted molar refractivity (Wildman–Crippen MR) is 79.7 cm³/mol. The lowest BCUT2D eigenvalue weighted by molar-refractivity contribution is -0.132. The Hall–Kier alpha value is -2.83. The average Bonchev–Trinajstić information content (AvgIpc) is 3.01. The number of anilines is 1. The van der Waals surface area contributed by atoms with Crippen LogP contribution in [0.4, 0.5) is 5.95 Å². The lowest BCUT2D eigenvalue weighted by Crippen LogP contribution is -2.24. The average molecular weight is 300 g/mol. The second kappa shape index (κ2) is 5.88. The van der Waals surface area contributed by atoms with E-state index in [4.69, 9.17) is 4.74 Å². The van der Waals surface area contributed by atoms with Crippen molar-refractivity contribution in [3.05, 3.63) is 47.9 Å². The molecule has 1 aromatic heterocycles. The first-order valence-electron chi connectivity index (χ1n) is 7.03. The van der Waals surface area contributed by atoms with E-state index in [0.29, 0.717) is 12.6 Å². The van der Waals surface area contributed by atoms with Gasteiger partial charge >= 0.3 is 5.97 Å². The molecule has 2 heterocycles. The van der Waals surface area contributed by atoms with Crippen LogP contribution in [0, 0.1) is 0 Å². The molecule has 0 radical (unpaired) electrons. The number of aliphatic carboxylic acids is 1. The first kappa shape index (κ1) is 14.1. The van der Waals surface area contributed by atoms with Gasteiger partial charge in [-0.3, -0.25) is 0 Å². The molecule has 22 heavy (non-hydrogen) atoms. The Labute approximate surface area is 127 Å². The van der Waals surface area contributed by atoms with Crippen molar-refractivity contribution in [1.82, 2.24) is 14.8 Å². The fourth-order valence-electron chi connectivity index (χ4n) is 2.28. The van der Waals surface area contributed by atoms with Crippen LogP contribution in [0.15, 0.2) is 42.4 Å². The number of nitrogens with zero attached hydrogens (tertiary/aromatic N) is 3. The number of ether oxygens (including phenoxy) is 1. The lowest BCUT2D eigenvalue weighted by atomic mass is 10.0. The van der Waals surface area contributed by atoms with Gasteiger partial charge in [0.2, 0.25) is 5.95 Å². The maximum atomic E-state index is 11.2. The fourth-order valence-corrected chi connectivity index (χ4v) is 2.28. The van der Waals surface area contributed by atoms with Crippen molar-refractivity contribution < 1.29 is 14.6 Å². The molecule has 0 fully saturated rings. The first-order chi connectivity index (χ1) is 10.7. The SMILES string of the molecule is CCCOc1ccc([C@H]2C=C(C(=O)O)Nc3ncnn32)cc1. The highest BCUT2D eigenvalue weighted by atomic mass is 16.5. The van der Waals surface area contributed by atoms with Crippen LogP contribution in [0.3, 0.4) is 0 Å². The molecule has 114 valence electrons. The van der Waals surface area contributed by atoms with Gasteiger partial charge in [0, 0.05) is 0 Å². The van der Waals surface area contributed by atoms with Crippen LogP contribution in [-0.2, 0) is 4.79 Å². The van der Waals surface area contributed by atoms with E-state index in [1.165, 1.54) is 6.33 Å². The summed E-state index contributed by atoms with van der Waals surface area (Å²) in [6, 6.07) is 7.24. The predicted octanol–water partition coefficient (Wildman–Crippen LogP) is 2.05. The number of allylic oxidation sites excluding steroid dienone is 1. The molecule has 0 bridgehead atoms. The maximum Gasteiger partial charge on any atom is 0.352 e. The summed E-state index contributed by atoms with van der Waals surface area (Å²) in [4.78, 5) is 15.3. The van der Waals surface area contributed by atoms with Crippen molar-refractivity contribution in [2.75, 3.05) is 11.9 Å². The van der Waals surface area contributed by atoms with Crippen LogP contribution in [0.5, 0.6) is 5.75 Å². The van der Waals surface area contributed by atoms with E-state index >= 15 is 0 Å². The molecular weight excluding hydrogens is 284 g/mol. The molecule has 7 nitrogen and oxygen atoms in total. The minimum Gasteiger partial charge on any atom is -0.494 e. The standard InChI is InChI=1S/C15H16N4O3/c1-2-7-22-11-5-3-10(4-6-11)13-8-12(14(20)21)18-15-16-9-17-19(13)15/h3-6,8-9,13H,2,7H2,1H3,(H,20,21)(H,16,17,18)/t13-/m1/s1. The van der Waals surface area contributed by atoms with E-state index in [1.807, 2.05) is 31.2 Å². The number of rotatable bonds is 5. The van der Waals surface area contributed by atoms with Gasteiger partial charge in [-0.15, -0.1) is 0 Å². The quantitative estimate of drug-likeness (QED) is 0.878. The zero-order valence-corrected chi connectivity index (χ0v) is 12.1. The molecule has 1 aromatic carbocycles. The molecule has 0 aliphatic carbocycles. The Morgan fingerprint density at radius 2 is 2.18 bits per heavy atom. The number of carboxylic acids is 1. The molecule has 1 aliphatic rings. The highest BCUT2D eigenvalue weighted by molar-refractivity contribution is 5.90. The zero-order chi connectivity index (χ0) is 15.5. The molecule has 7 heteroatoms. The zero-order valence-electron chi connectivity index (χ0n) is 12.1. The van der Waals surface area contributed by atoms with E-state index in [1.54, 1.807) is 10.8 Å². The molecular formula is C15H16N4O3. The normalized spacial score (nSPS) is 16.4. The molecule has 0 saturated heterocycles. The number of benzene rings is 1. The van der Waals surface area contributed by atoms with Gasteiger partial charge in [-0.05, 0) is 30.2 Å². The summed E-state index contributed by atoms with van der Waals surface area (Å²) in [5.74, 6) is 0.180. The summed E-state index contributed by atoms with van der Waals surface area (Å²) in [6.45, 7) is 2.72. The van der Waals surface area contributed by atoms with Crippen molar-refractivity contribution in [2.45, 2.75) is 19.4 Å². The van der Waals surface area contributed by atoms with Gasteiger partial charge in [-0.2, -0.15) is 10.1 Å².